The zero-order chi connectivity index (χ0) is 19.5. The second-order valence-corrected chi connectivity index (χ2v) is 6.51. The van der Waals surface area contributed by atoms with Crippen LogP contribution in [0.15, 0.2) is 59.4 Å². The Balaban J connectivity index is 1.52. The maximum atomic E-state index is 12.4. The van der Waals surface area contributed by atoms with Gasteiger partial charge < -0.3 is 14.8 Å². The molecule has 28 heavy (non-hydrogen) atoms. The van der Waals surface area contributed by atoms with Gasteiger partial charge in [0.15, 0.2) is 11.5 Å². The highest BCUT2D eigenvalue weighted by atomic mass is 35.5. The standard InChI is InChI=1S/C20H16ClN3O4/c21-15-4-2-1-3-14(15)16-6-8-20(26)24(23-16)12-19(25)22-13-5-7-17-18(11-13)28-10-9-27-17/h1-8,11H,9-10,12H2,(H,22,25). The number of aromatic nitrogens is 2. The summed E-state index contributed by atoms with van der Waals surface area (Å²) in [7, 11) is 0. The molecule has 0 unspecified atom stereocenters. The maximum absolute atomic E-state index is 12.4. The van der Waals surface area contributed by atoms with Gasteiger partial charge in [0.25, 0.3) is 5.56 Å². The molecule has 1 aliphatic rings. The summed E-state index contributed by atoms with van der Waals surface area (Å²) < 4.78 is 12.1. The molecule has 8 heteroatoms. The number of amides is 1. The van der Waals surface area contributed by atoms with Gasteiger partial charge in [-0.2, -0.15) is 5.10 Å². The average molecular weight is 398 g/mol. The summed E-state index contributed by atoms with van der Waals surface area (Å²) in [5, 5.41) is 7.52. The van der Waals surface area contributed by atoms with E-state index in [4.69, 9.17) is 21.1 Å². The Labute approximate surface area is 165 Å². The molecule has 2 aromatic carbocycles. The minimum absolute atomic E-state index is 0.231. The minimum Gasteiger partial charge on any atom is -0.486 e. The third kappa shape index (κ3) is 3.84. The van der Waals surface area contributed by atoms with Crippen molar-refractivity contribution in [1.29, 1.82) is 0 Å². The molecule has 0 spiro atoms. The Morgan fingerprint density at radius 2 is 1.86 bits per heavy atom. The van der Waals surface area contributed by atoms with E-state index in [1.165, 1.54) is 6.07 Å². The zero-order valence-corrected chi connectivity index (χ0v) is 15.5. The van der Waals surface area contributed by atoms with E-state index in [1.54, 1.807) is 36.4 Å². The number of benzene rings is 2. The molecule has 0 radical (unpaired) electrons. The van der Waals surface area contributed by atoms with Crippen molar-refractivity contribution in [2.75, 3.05) is 18.5 Å². The number of carbonyl (C=O) groups excluding carboxylic acids is 1. The lowest BCUT2D eigenvalue weighted by molar-refractivity contribution is -0.117. The highest BCUT2D eigenvalue weighted by Crippen LogP contribution is 2.32. The number of carbonyl (C=O) groups is 1. The summed E-state index contributed by atoms with van der Waals surface area (Å²) in [6.07, 6.45) is 0. The smallest absolute Gasteiger partial charge is 0.267 e. The Morgan fingerprint density at radius 1 is 1.07 bits per heavy atom. The van der Waals surface area contributed by atoms with Crippen molar-refractivity contribution in [2.24, 2.45) is 0 Å². The molecule has 1 N–H and O–H groups in total. The molecule has 0 aliphatic carbocycles. The summed E-state index contributed by atoms with van der Waals surface area (Å²) >= 11 is 6.19. The highest BCUT2D eigenvalue weighted by molar-refractivity contribution is 6.33. The van der Waals surface area contributed by atoms with Crippen molar-refractivity contribution in [3.8, 4) is 22.8 Å². The van der Waals surface area contributed by atoms with Gasteiger partial charge in [-0.1, -0.05) is 29.8 Å². The van der Waals surface area contributed by atoms with Crippen LogP contribution in [0.1, 0.15) is 0 Å². The van der Waals surface area contributed by atoms with Gasteiger partial charge >= 0.3 is 0 Å². The van der Waals surface area contributed by atoms with E-state index in [9.17, 15) is 9.59 Å². The van der Waals surface area contributed by atoms with Gasteiger partial charge in [-0.05, 0) is 24.3 Å². The molecule has 1 aromatic heterocycles. The predicted octanol–water partition coefficient (Wildman–Crippen LogP) is 2.97. The van der Waals surface area contributed by atoms with E-state index in [-0.39, 0.29) is 18.0 Å². The molecule has 4 rings (SSSR count). The van der Waals surface area contributed by atoms with Crippen molar-refractivity contribution < 1.29 is 14.3 Å². The fourth-order valence-corrected chi connectivity index (χ4v) is 3.06. The number of ether oxygens (including phenoxy) is 2. The number of nitrogens with one attached hydrogen (secondary N) is 1. The van der Waals surface area contributed by atoms with E-state index in [2.05, 4.69) is 10.4 Å². The molecule has 0 fully saturated rings. The number of nitrogens with zero attached hydrogens (tertiary/aromatic N) is 2. The van der Waals surface area contributed by atoms with Crippen LogP contribution in [-0.4, -0.2) is 28.9 Å². The Hall–Kier alpha value is -3.32. The van der Waals surface area contributed by atoms with Crippen LogP contribution < -0.4 is 20.3 Å². The molecule has 0 saturated heterocycles. The summed E-state index contributed by atoms with van der Waals surface area (Å²) in [5.41, 5.74) is 1.36. The lowest BCUT2D eigenvalue weighted by Gasteiger charge is -2.19. The van der Waals surface area contributed by atoms with E-state index in [0.717, 1.165) is 4.68 Å². The predicted molar refractivity (Wildman–Crippen MR) is 105 cm³/mol. The Morgan fingerprint density at radius 3 is 2.68 bits per heavy atom. The van der Waals surface area contributed by atoms with E-state index in [0.29, 0.717) is 46.7 Å². The van der Waals surface area contributed by atoms with Crippen LogP contribution in [0.3, 0.4) is 0 Å². The van der Waals surface area contributed by atoms with Gasteiger partial charge in [0, 0.05) is 23.4 Å². The molecule has 0 atom stereocenters. The highest BCUT2D eigenvalue weighted by Gasteiger charge is 2.14. The molecule has 142 valence electrons. The molecule has 1 amide bonds. The van der Waals surface area contributed by atoms with Crippen molar-refractivity contribution in [1.82, 2.24) is 9.78 Å². The largest absolute Gasteiger partial charge is 0.486 e. The second-order valence-electron chi connectivity index (χ2n) is 6.10. The fourth-order valence-electron chi connectivity index (χ4n) is 2.83. The van der Waals surface area contributed by atoms with Crippen molar-refractivity contribution in [3.05, 3.63) is 70.0 Å². The second kappa shape index (κ2) is 7.74. The number of halogens is 1. The van der Waals surface area contributed by atoms with Crippen molar-refractivity contribution >= 4 is 23.2 Å². The molecule has 2 heterocycles. The lowest BCUT2D eigenvalue weighted by Crippen LogP contribution is -2.29. The summed E-state index contributed by atoms with van der Waals surface area (Å²) in [4.78, 5) is 24.5. The van der Waals surface area contributed by atoms with E-state index >= 15 is 0 Å². The molecule has 0 bridgehead atoms. The van der Waals surface area contributed by atoms with Crippen LogP contribution in [0, 0.1) is 0 Å². The van der Waals surface area contributed by atoms with Gasteiger partial charge in [-0.15, -0.1) is 0 Å². The van der Waals surface area contributed by atoms with Crippen molar-refractivity contribution in [2.45, 2.75) is 6.54 Å². The minimum atomic E-state index is -0.386. The number of anilines is 1. The van der Waals surface area contributed by atoms with Gasteiger partial charge in [0.1, 0.15) is 19.8 Å². The van der Waals surface area contributed by atoms with Crippen LogP contribution >= 0.6 is 11.6 Å². The summed E-state index contributed by atoms with van der Waals surface area (Å²) in [6, 6.07) is 15.2. The molecule has 7 nitrogen and oxygen atoms in total. The Bertz CT molecular complexity index is 1100. The first-order valence-corrected chi connectivity index (χ1v) is 9.00. The van der Waals surface area contributed by atoms with E-state index < -0.39 is 0 Å². The quantitative estimate of drug-likeness (QED) is 0.731. The van der Waals surface area contributed by atoms with Crippen LogP contribution in [-0.2, 0) is 11.3 Å². The van der Waals surface area contributed by atoms with Crippen LogP contribution in [0.25, 0.3) is 11.3 Å². The van der Waals surface area contributed by atoms with Gasteiger partial charge in [-0.3, -0.25) is 9.59 Å². The third-order valence-electron chi connectivity index (χ3n) is 4.14. The Kier molecular flexibility index (Phi) is 4.99. The first kappa shape index (κ1) is 18.1. The van der Waals surface area contributed by atoms with Crippen LogP contribution in [0.2, 0.25) is 5.02 Å². The van der Waals surface area contributed by atoms with E-state index in [1.807, 2.05) is 12.1 Å². The monoisotopic (exact) mass is 397 g/mol. The molecular formula is C20H16ClN3O4. The SMILES string of the molecule is O=C(Cn1nc(-c2ccccc2Cl)ccc1=O)Nc1ccc2c(c1)OCCO2. The average Bonchev–Trinajstić information content (AvgIpc) is 2.70. The number of rotatable bonds is 4. The number of hydrogen-bond acceptors (Lipinski definition) is 5. The zero-order valence-electron chi connectivity index (χ0n) is 14.7. The first-order chi connectivity index (χ1) is 13.6. The summed E-state index contributed by atoms with van der Waals surface area (Å²) in [6.45, 7) is 0.721. The number of fused-ring (bicyclic) bond motifs is 1. The van der Waals surface area contributed by atoms with Crippen molar-refractivity contribution in [3.63, 3.8) is 0 Å². The summed E-state index contributed by atoms with van der Waals surface area (Å²) in [5.74, 6) is 0.817. The van der Waals surface area contributed by atoms with Gasteiger partial charge in [0.2, 0.25) is 5.91 Å². The normalized spacial score (nSPS) is 12.5. The lowest BCUT2D eigenvalue weighted by atomic mass is 10.1. The maximum Gasteiger partial charge on any atom is 0.267 e. The fraction of sp³-hybridized carbons (Fsp3) is 0.150. The third-order valence-corrected chi connectivity index (χ3v) is 4.47. The van der Waals surface area contributed by atoms with Crippen LogP contribution in [0.5, 0.6) is 11.5 Å². The number of hydrogen-bond donors (Lipinski definition) is 1. The first-order valence-electron chi connectivity index (χ1n) is 8.63. The molecule has 3 aromatic rings. The van der Waals surface area contributed by atoms with Gasteiger partial charge in [-0.25, -0.2) is 4.68 Å². The molecular weight excluding hydrogens is 382 g/mol. The molecule has 1 aliphatic heterocycles. The topological polar surface area (TPSA) is 82.5 Å². The van der Waals surface area contributed by atoms with Gasteiger partial charge in [0.05, 0.1) is 10.7 Å². The molecule has 0 saturated carbocycles. The van der Waals surface area contributed by atoms with Crippen LogP contribution in [0.4, 0.5) is 5.69 Å².